The van der Waals surface area contributed by atoms with Gasteiger partial charge in [-0.1, -0.05) is 66.7 Å². The molecule has 7 atom stereocenters. The van der Waals surface area contributed by atoms with E-state index in [-0.39, 0.29) is 57.7 Å². The maximum Gasteiger partial charge on any atom is 0.337 e. The number of hydrogen-bond acceptors (Lipinski definition) is 6. The van der Waals surface area contributed by atoms with E-state index < -0.39 is 5.54 Å². The van der Waals surface area contributed by atoms with Crippen LogP contribution >= 0.6 is 11.8 Å². The number of ether oxygens (including phenoxy) is 1. The van der Waals surface area contributed by atoms with E-state index >= 15 is 0 Å². The molecule has 5 aliphatic carbocycles. The van der Waals surface area contributed by atoms with Crippen molar-refractivity contribution < 1.29 is 19.1 Å². The number of allylic oxidation sites excluding steroid dienone is 3. The number of fused-ring (bicyclic) bond motifs is 7. The van der Waals surface area contributed by atoms with Gasteiger partial charge in [0.05, 0.1) is 24.8 Å². The van der Waals surface area contributed by atoms with Gasteiger partial charge in [-0.3, -0.25) is 9.59 Å². The molecule has 6 rings (SSSR count). The highest BCUT2D eigenvalue weighted by Gasteiger charge is 2.69. The van der Waals surface area contributed by atoms with Gasteiger partial charge >= 0.3 is 5.97 Å². The monoisotopic (exact) mass is 719 g/mol. The van der Waals surface area contributed by atoms with Crippen molar-refractivity contribution in [3.63, 3.8) is 0 Å². The summed E-state index contributed by atoms with van der Waals surface area (Å²) in [6.45, 7) is 18.4. The van der Waals surface area contributed by atoms with E-state index in [2.05, 4.69) is 76.9 Å². The molecule has 0 aliphatic heterocycles. The molecule has 7 nitrogen and oxygen atoms in total. The Morgan fingerprint density at radius 2 is 1.63 bits per heavy atom. The third kappa shape index (κ3) is 6.06. The van der Waals surface area contributed by atoms with E-state index in [1.165, 1.54) is 23.8 Å². The number of benzene rings is 1. The Bertz CT molecular complexity index is 1630. The number of nitrogens with one attached hydrogen (secondary N) is 1. The largest absolute Gasteiger partial charge is 0.465 e. The number of carbonyl (C=O) groups is 3. The molecule has 0 spiro atoms. The fraction of sp³-hybridized carbons (Fsp3) is 0.698. The first kappa shape index (κ1) is 38.3. The highest BCUT2D eigenvalue weighted by Crippen LogP contribution is 2.76. The van der Waals surface area contributed by atoms with Crippen molar-refractivity contribution in [2.75, 3.05) is 40.8 Å². The van der Waals surface area contributed by atoms with Crippen LogP contribution in [0.25, 0.3) is 5.57 Å². The number of amides is 1. The summed E-state index contributed by atoms with van der Waals surface area (Å²) < 4.78 is 6.52. The number of rotatable bonds is 9. The van der Waals surface area contributed by atoms with Gasteiger partial charge in [-0.05, 0) is 151 Å². The predicted molar refractivity (Wildman–Crippen MR) is 205 cm³/mol. The zero-order valence-electron chi connectivity index (χ0n) is 32.9. The lowest BCUT2D eigenvalue weighted by Crippen LogP contribution is -2.66. The number of likely N-dealkylation sites (N-methyl/N-ethyl adjacent to an activating group) is 1. The summed E-state index contributed by atoms with van der Waals surface area (Å²) in [6.07, 6.45) is 10.2. The van der Waals surface area contributed by atoms with Crippen molar-refractivity contribution in [2.45, 2.75) is 105 Å². The molecule has 0 saturated heterocycles. The van der Waals surface area contributed by atoms with Crippen LogP contribution in [-0.4, -0.2) is 73.4 Å². The van der Waals surface area contributed by atoms with Crippen LogP contribution in [0.15, 0.2) is 41.5 Å². The second-order valence-corrected chi connectivity index (χ2v) is 19.1. The molecule has 3 fully saturated rings. The van der Waals surface area contributed by atoms with Crippen molar-refractivity contribution in [1.82, 2.24) is 14.6 Å². The van der Waals surface area contributed by atoms with Gasteiger partial charge in [-0.25, -0.2) is 9.21 Å². The van der Waals surface area contributed by atoms with E-state index in [0.29, 0.717) is 30.4 Å². The number of methoxy groups -OCH3 is 1. The second-order valence-electron chi connectivity index (χ2n) is 18.6. The normalized spacial score (nSPS) is 35.6. The van der Waals surface area contributed by atoms with E-state index in [0.717, 1.165) is 57.1 Å². The molecule has 0 radical (unpaired) electrons. The van der Waals surface area contributed by atoms with Gasteiger partial charge in [0.25, 0.3) is 0 Å². The Balaban J connectivity index is 1.31. The first-order valence-corrected chi connectivity index (χ1v) is 19.7. The third-order valence-electron chi connectivity index (χ3n) is 15.1. The maximum absolute atomic E-state index is 14.0. The van der Waals surface area contributed by atoms with Crippen molar-refractivity contribution in [1.29, 1.82) is 0 Å². The number of Topliss-reactive ketones (excluding diaryl/α,β-unsaturated/α-hetero) is 1. The van der Waals surface area contributed by atoms with Crippen LogP contribution in [0.4, 0.5) is 0 Å². The minimum absolute atomic E-state index is 0.0142. The average Bonchev–Trinajstić information content (AvgIpc) is 3.35. The van der Waals surface area contributed by atoms with Crippen LogP contribution in [-0.2, 0) is 14.3 Å². The molecule has 0 bridgehead atoms. The van der Waals surface area contributed by atoms with Gasteiger partial charge in [0, 0.05) is 19.5 Å². The van der Waals surface area contributed by atoms with Gasteiger partial charge in [-0.15, -0.1) is 0 Å². The number of hydrogen-bond donors (Lipinski definition) is 1. The SMILES string of the molecule is COC(=O)c1ccc(C2=CC[C@@]3(C)C(CC[C@]4(C)C3CC[C@@H]3C5=C(C(C)C)C(=O)C[C@]5(NC(=O)CN(Cl)CCN(C)C)CC[C@]34C)C2(C)C)cc1. The highest BCUT2D eigenvalue weighted by atomic mass is 35.5. The lowest BCUT2D eigenvalue weighted by Gasteiger charge is -2.71. The molecule has 280 valence electrons. The van der Waals surface area contributed by atoms with Gasteiger partial charge in [0.2, 0.25) is 5.91 Å². The van der Waals surface area contributed by atoms with Gasteiger partial charge in [0.1, 0.15) is 0 Å². The maximum atomic E-state index is 14.0. The molecule has 1 aromatic carbocycles. The molecule has 5 aliphatic rings. The molecule has 1 amide bonds. The lowest BCUT2D eigenvalue weighted by molar-refractivity contribution is -0.194. The summed E-state index contributed by atoms with van der Waals surface area (Å²) in [5, 5.41) is 3.47. The van der Waals surface area contributed by atoms with Crippen LogP contribution in [0.3, 0.4) is 0 Å². The predicted octanol–water partition coefficient (Wildman–Crippen LogP) is 8.33. The molecule has 2 unspecified atom stereocenters. The number of halogens is 1. The molecule has 1 N–H and O–H groups in total. The van der Waals surface area contributed by atoms with Gasteiger partial charge in [0.15, 0.2) is 5.78 Å². The van der Waals surface area contributed by atoms with Crippen LogP contribution < -0.4 is 5.32 Å². The minimum atomic E-state index is -0.616. The fourth-order valence-corrected chi connectivity index (χ4v) is 12.8. The third-order valence-corrected chi connectivity index (χ3v) is 15.4. The zero-order valence-corrected chi connectivity index (χ0v) is 33.6. The molecule has 0 heterocycles. The minimum Gasteiger partial charge on any atom is -0.465 e. The zero-order chi connectivity index (χ0) is 37.3. The lowest BCUT2D eigenvalue weighted by atomic mass is 9.33. The summed E-state index contributed by atoms with van der Waals surface area (Å²) in [4.78, 5) is 41.8. The molecule has 0 aromatic heterocycles. The second kappa shape index (κ2) is 13.4. The standard InChI is InChI=1S/C43H62ClN3O4/c1-27(2)36-32(48)25-43(45-35(49)26-47(44)24-23-46(8)9)22-21-41(6)31(37(36)43)15-16-34-40(5)19-17-30(28-11-13-29(14-12-28)38(50)51-10)39(3,4)33(40)18-20-42(34,41)7/h11-14,17,27,31,33-34H,15-16,18-26H2,1-10H3,(H,45,49)/t31-,33?,34?,40+,41-,42-,43-/m1/s1. The summed E-state index contributed by atoms with van der Waals surface area (Å²) in [5.41, 5.74) is 5.00. The van der Waals surface area contributed by atoms with Crippen molar-refractivity contribution in [3.05, 3.63) is 52.6 Å². The molecule has 8 heteroatoms. The van der Waals surface area contributed by atoms with E-state index in [4.69, 9.17) is 16.5 Å². The Labute approximate surface area is 312 Å². The molecular weight excluding hydrogens is 658 g/mol. The Morgan fingerprint density at radius 3 is 2.25 bits per heavy atom. The van der Waals surface area contributed by atoms with Gasteiger partial charge in [-0.2, -0.15) is 0 Å². The first-order valence-electron chi connectivity index (χ1n) is 19.4. The Hall–Kier alpha value is -2.48. The summed E-state index contributed by atoms with van der Waals surface area (Å²) in [6, 6.07) is 7.96. The number of esters is 1. The van der Waals surface area contributed by atoms with Crippen LogP contribution in [0.1, 0.15) is 116 Å². The smallest absolute Gasteiger partial charge is 0.337 e. The molecule has 3 saturated carbocycles. The van der Waals surface area contributed by atoms with E-state index in [9.17, 15) is 14.4 Å². The van der Waals surface area contributed by atoms with Crippen LogP contribution in [0.2, 0.25) is 0 Å². The Morgan fingerprint density at radius 1 is 0.941 bits per heavy atom. The number of ketones is 1. The summed E-state index contributed by atoms with van der Waals surface area (Å²) >= 11 is 6.52. The molecule has 51 heavy (non-hydrogen) atoms. The summed E-state index contributed by atoms with van der Waals surface area (Å²) in [5.74, 6) is 1.26. The molecular formula is C43H62ClN3O4. The van der Waals surface area contributed by atoms with Crippen molar-refractivity contribution in [3.8, 4) is 0 Å². The van der Waals surface area contributed by atoms with Crippen LogP contribution in [0, 0.1) is 45.3 Å². The highest BCUT2D eigenvalue weighted by molar-refractivity contribution is 6.14. The van der Waals surface area contributed by atoms with E-state index in [1.54, 1.807) is 4.42 Å². The summed E-state index contributed by atoms with van der Waals surface area (Å²) in [7, 11) is 5.42. The fourth-order valence-electron chi connectivity index (χ4n) is 12.6. The first-order chi connectivity index (χ1) is 23.8. The Kier molecular flexibility index (Phi) is 10.1. The number of nitrogens with zero attached hydrogens (tertiary/aromatic N) is 2. The van der Waals surface area contributed by atoms with E-state index in [1.807, 2.05) is 26.2 Å². The average molecular weight is 720 g/mol. The van der Waals surface area contributed by atoms with Crippen LogP contribution in [0.5, 0.6) is 0 Å². The quantitative estimate of drug-likeness (QED) is 0.204. The van der Waals surface area contributed by atoms with Crippen molar-refractivity contribution in [2.24, 2.45) is 45.3 Å². The topological polar surface area (TPSA) is 78.9 Å². The molecule has 1 aromatic rings. The van der Waals surface area contributed by atoms with Crippen molar-refractivity contribution >= 4 is 35.0 Å². The number of carbonyl (C=O) groups excluding carboxylic acids is 3. The van der Waals surface area contributed by atoms with Gasteiger partial charge < -0.3 is 15.0 Å².